The van der Waals surface area contributed by atoms with Crippen molar-refractivity contribution in [2.75, 3.05) is 40.3 Å². The molecule has 1 aromatic carbocycles. The highest BCUT2D eigenvalue weighted by atomic mass is 127. The Morgan fingerprint density at radius 1 is 1.17 bits per heavy atom. The minimum atomic E-state index is 0. The van der Waals surface area contributed by atoms with Crippen LogP contribution in [-0.4, -0.2) is 71.8 Å². The van der Waals surface area contributed by atoms with Crippen LogP contribution >= 0.6 is 24.0 Å². The maximum Gasteiger partial charge on any atom is 0.242 e. The van der Waals surface area contributed by atoms with Crippen LogP contribution in [0.5, 0.6) is 5.75 Å². The number of carbonyl (C=O) groups is 1. The molecule has 0 radical (unpaired) electrons. The molecule has 0 saturated carbocycles. The van der Waals surface area contributed by atoms with Gasteiger partial charge in [-0.3, -0.25) is 4.79 Å². The second-order valence-electron chi connectivity index (χ2n) is 6.54. The summed E-state index contributed by atoms with van der Waals surface area (Å²) < 4.78 is 7.00. The minimum absolute atomic E-state index is 0. The number of likely N-dealkylation sites (N-methyl/N-ethyl adjacent to an activating group) is 2. The van der Waals surface area contributed by atoms with Gasteiger partial charge < -0.3 is 19.9 Å². The van der Waals surface area contributed by atoms with Crippen molar-refractivity contribution < 1.29 is 9.53 Å². The largest absolute Gasteiger partial charge is 0.497 e. The Hall–Kier alpha value is -2.30. The molecule has 2 rings (SSSR count). The molecule has 0 aliphatic carbocycles. The van der Waals surface area contributed by atoms with Gasteiger partial charge in [-0.1, -0.05) is 0 Å². The van der Waals surface area contributed by atoms with Gasteiger partial charge in [0.05, 0.1) is 31.6 Å². The Morgan fingerprint density at radius 3 is 2.40 bits per heavy atom. The normalized spacial score (nSPS) is 10.9. The van der Waals surface area contributed by atoms with E-state index in [0.717, 1.165) is 23.7 Å². The standard InChI is InChI=1S/C21H32N6O2.HI/c1-6-22-21(25(4)16-20(28)26(7-2)8-3)23-15-17-13-14-27(24-17)18-9-11-19(29-5)12-10-18;/h9-14H,6-8,15-16H2,1-5H3,(H,22,23);1H. The first-order valence-electron chi connectivity index (χ1n) is 9.98. The third-order valence-corrected chi connectivity index (χ3v) is 4.56. The first-order valence-corrected chi connectivity index (χ1v) is 9.98. The van der Waals surface area contributed by atoms with Gasteiger partial charge in [-0.05, 0) is 51.1 Å². The third kappa shape index (κ3) is 7.19. The van der Waals surface area contributed by atoms with Crippen LogP contribution in [0.3, 0.4) is 0 Å². The van der Waals surface area contributed by atoms with E-state index in [1.165, 1.54) is 0 Å². The Balaban J connectivity index is 0.00000450. The van der Waals surface area contributed by atoms with Gasteiger partial charge in [-0.2, -0.15) is 5.10 Å². The number of amides is 1. The number of methoxy groups -OCH3 is 1. The molecular formula is C21H33IN6O2. The molecule has 0 aliphatic rings. The lowest BCUT2D eigenvalue weighted by Gasteiger charge is -2.25. The van der Waals surface area contributed by atoms with Gasteiger partial charge in [0, 0.05) is 32.9 Å². The lowest BCUT2D eigenvalue weighted by atomic mass is 10.3. The van der Waals surface area contributed by atoms with Crippen molar-refractivity contribution in [3.8, 4) is 11.4 Å². The maximum absolute atomic E-state index is 12.4. The highest BCUT2D eigenvalue weighted by Gasteiger charge is 2.15. The van der Waals surface area contributed by atoms with Crippen molar-refractivity contribution in [3.63, 3.8) is 0 Å². The highest BCUT2D eigenvalue weighted by Crippen LogP contribution is 2.14. The van der Waals surface area contributed by atoms with Crippen molar-refractivity contribution in [1.82, 2.24) is 24.9 Å². The van der Waals surface area contributed by atoms with Crippen LogP contribution in [0.1, 0.15) is 26.5 Å². The molecular weight excluding hydrogens is 495 g/mol. The zero-order chi connectivity index (χ0) is 21.2. The third-order valence-electron chi connectivity index (χ3n) is 4.56. The zero-order valence-corrected chi connectivity index (χ0v) is 20.8. The van der Waals surface area contributed by atoms with Gasteiger partial charge in [-0.15, -0.1) is 24.0 Å². The Labute approximate surface area is 196 Å². The predicted molar refractivity (Wildman–Crippen MR) is 131 cm³/mol. The number of halogens is 1. The molecule has 0 atom stereocenters. The van der Waals surface area contributed by atoms with E-state index in [9.17, 15) is 4.79 Å². The molecule has 1 aromatic heterocycles. The summed E-state index contributed by atoms with van der Waals surface area (Å²) in [4.78, 5) is 20.7. The second-order valence-corrected chi connectivity index (χ2v) is 6.54. The molecule has 1 heterocycles. The van der Waals surface area contributed by atoms with Crippen LogP contribution in [-0.2, 0) is 11.3 Å². The number of carbonyl (C=O) groups excluding carboxylic acids is 1. The fraction of sp³-hybridized carbons (Fsp3) is 0.476. The molecule has 0 unspecified atom stereocenters. The van der Waals surface area contributed by atoms with Gasteiger partial charge in [0.2, 0.25) is 5.91 Å². The fourth-order valence-corrected chi connectivity index (χ4v) is 2.90. The SMILES string of the molecule is CCNC(=NCc1ccn(-c2ccc(OC)cc2)n1)N(C)CC(=O)N(CC)CC.I. The Morgan fingerprint density at radius 2 is 1.83 bits per heavy atom. The Bertz CT molecular complexity index is 802. The second kappa shape index (κ2) is 13.1. The van der Waals surface area contributed by atoms with E-state index in [4.69, 9.17) is 4.74 Å². The Kier molecular flexibility index (Phi) is 11.2. The van der Waals surface area contributed by atoms with Crippen LogP contribution in [0, 0.1) is 0 Å². The van der Waals surface area contributed by atoms with Gasteiger partial charge in [-0.25, -0.2) is 9.67 Å². The topological polar surface area (TPSA) is 75.0 Å². The van der Waals surface area contributed by atoms with E-state index in [1.54, 1.807) is 7.11 Å². The van der Waals surface area contributed by atoms with Crippen LogP contribution in [0.25, 0.3) is 5.69 Å². The summed E-state index contributed by atoms with van der Waals surface area (Å²) in [6.45, 7) is 8.83. The van der Waals surface area contributed by atoms with Gasteiger partial charge in [0.25, 0.3) is 0 Å². The predicted octanol–water partition coefficient (Wildman–Crippen LogP) is 2.76. The lowest BCUT2D eigenvalue weighted by Crippen LogP contribution is -2.45. The summed E-state index contributed by atoms with van der Waals surface area (Å²) in [6.07, 6.45) is 1.91. The van der Waals surface area contributed by atoms with Gasteiger partial charge in [0.1, 0.15) is 5.75 Å². The van der Waals surface area contributed by atoms with Crippen molar-refractivity contribution in [1.29, 1.82) is 0 Å². The van der Waals surface area contributed by atoms with Crippen molar-refractivity contribution in [3.05, 3.63) is 42.2 Å². The minimum Gasteiger partial charge on any atom is -0.497 e. The van der Waals surface area contributed by atoms with E-state index in [-0.39, 0.29) is 36.4 Å². The highest BCUT2D eigenvalue weighted by molar-refractivity contribution is 14.0. The molecule has 2 aromatic rings. The first-order chi connectivity index (χ1) is 14.0. The summed E-state index contributed by atoms with van der Waals surface area (Å²) in [5.74, 6) is 1.59. The van der Waals surface area contributed by atoms with Crippen LogP contribution in [0.2, 0.25) is 0 Å². The number of rotatable bonds is 9. The maximum atomic E-state index is 12.4. The van der Waals surface area contributed by atoms with Crippen LogP contribution < -0.4 is 10.1 Å². The van der Waals surface area contributed by atoms with E-state index < -0.39 is 0 Å². The average molecular weight is 528 g/mol. The molecule has 1 N–H and O–H groups in total. The number of benzene rings is 1. The molecule has 166 valence electrons. The number of aromatic nitrogens is 2. The molecule has 1 amide bonds. The quantitative estimate of drug-likeness (QED) is 0.308. The zero-order valence-electron chi connectivity index (χ0n) is 18.5. The average Bonchev–Trinajstić information content (AvgIpc) is 3.21. The molecule has 0 fully saturated rings. The van der Waals surface area contributed by atoms with Gasteiger partial charge in [0.15, 0.2) is 5.96 Å². The first kappa shape index (κ1) is 25.7. The van der Waals surface area contributed by atoms with Crippen molar-refractivity contribution in [2.45, 2.75) is 27.3 Å². The molecule has 0 aliphatic heterocycles. The van der Waals surface area contributed by atoms with Crippen LogP contribution in [0.4, 0.5) is 0 Å². The molecule has 9 heteroatoms. The fourth-order valence-electron chi connectivity index (χ4n) is 2.90. The number of hydrogen-bond donors (Lipinski definition) is 1. The van der Waals surface area contributed by atoms with Gasteiger partial charge >= 0.3 is 0 Å². The monoisotopic (exact) mass is 528 g/mol. The number of aliphatic imine (C=N–C) groups is 1. The smallest absolute Gasteiger partial charge is 0.242 e. The number of guanidine groups is 1. The lowest BCUT2D eigenvalue weighted by molar-refractivity contribution is -0.131. The summed E-state index contributed by atoms with van der Waals surface area (Å²) >= 11 is 0. The molecule has 8 nitrogen and oxygen atoms in total. The van der Waals surface area contributed by atoms with E-state index in [2.05, 4.69) is 15.4 Å². The summed E-state index contributed by atoms with van der Waals surface area (Å²) in [7, 11) is 3.52. The van der Waals surface area contributed by atoms with Crippen molar-refractivity contribution in [2.24, 2.45) is 4.99 Å². The molecule has 0 saturated heterocycles. The number of ether oxygens (including phenoxy) is 1. The molecule has 0 bridgehead atoms. The van der Waals surface area contributed by atoms with Crippen molar-refractivity contribution >= 4 is 35.8 Å². The summed E-state index contributed by atoms with van der Waals surface area (Å²) in [5.41, 5.74) is 1.80. The van der Waals surface area contributed by atoms with E-state index in [1.807, 2.05) is 78.8 Å². The van der Waals surface area contributed by atoms with E-state index >= 15 is 0 Å². The van der Waals surface area contributed by atoms with E-state index in [0.29, 0.717) is 25.6 Å². The summed E-state index contributed by atoms with van der Waals surface area (Å²) in [6, 6.07) is 9.66. The molecule has 30 heavy (non-hydrogen) atoms. The summed E-state index contributed by atoms with van der Waals surface area (Å²) in [5, 5.41) is 7.83. The number of hydrogen-bond acceptors (Lipinski definition) is 4. The molecule has 0 spiro atoms. The number of nitrogens with zero attached hydrogens (tertiary/aromatic N) is 5. The van der Waals surface area contributed by atoms with Crippen LogP contribution in [0.15, 0.2) is 41.5 Å². The number of nitrogens with one attached hydrogen (secondary N) is 1.